The largest absolute Gasteiger partial charge is 0.347 e. The van der Waals surface area contributed by atoms with Crippen molar-refractivity contribution in [2.75, 3.05) is 38.2 Å². The van der Waals surface area contributed by atoms with Gasteiger partial charge < -0.3 is 19.7 Å². The number of nitrogens with one attached hydrogen (secondary N) is 1. The zero-order valence-electron chi connectivity index (χ0n) is 13.9. The predicted molar refractivity (Wildman–Crippen MR) is 91.4 cm³/mol. The maximum Gasteiger partial charge on any atom is 0.238 e. The molecule has 2 aliphatic rings. The van der Waals surface area contributed by atoms with E-state index in [1.54, 1.807) is 12.1 Å². The quantitative estimate of drug-likeness (QED) is 0.782. The number of nitrogens with two attached hydrogens (primary N) is 1. The second kappa shape index (κ2) is 7.38. The number of sulfonamides is 1. The van der Waals surface area contributed by atoms with Crippen LogP contribution in [0.1, 0.15) is 19.3 Å². The van der Waals surface area contributed by atoms with Crippen LogP contribution in [0.25, 0.3) is 0 Å². The lowest BCUT2D eigenvalue weighted by Crippen LogP contribution is -2.45. The molecule has 0 aliphatic carbocycles. The Morgan fingerprint density at radius 2 is 1.92 bits per heavy atom. The van der Waals surface area contributed by atoms with Crippen LogP contribution in [0, 0.1) is 0 Å². The molecule has 0 aromatic heterocycles. The van der Waals surface area contributed by atoms with Gasteiger partial charge in [-0.2, -0.15) is 0 Å². The van der Waals surface area contributed by atoms with Crippen LogP contribution in [0.3, 0.4) is 0 Å². The van der Waals surface area contributed by atoms with Gasteiger partial charge in [0, 0.05) is 44.6 Å². The lowest BCUT2D eigenvalue weighted by Gasteiger charge is -2.37. The minimum atomic E-state index is -3.78. The second-order valence-electron chi connectivity index (χ2n) is 6.32. The lowest BCUT2D eigenvalue weighted by molar-refractivity contribution is -0.185. The first-order chi connectivity index (χ1) is 11.9. The molecule has 0 bridgehead atoms. The molecule has 2 saturated heterocycles. The van der Waals surface area contributed by atoms with Crippen LogP contribution in [0.2, 0.25) is 0 Å². The first kappa shape index (κ1) is 18.3. The van der Waals surface area contributed by atoms with Crippen molar-refractivity contribution in [3.8, 4) is 0 Å². The molecule has 9 heteroatoms. The van der Waals surface area contributed by atoms with Gasteiger partial charge in [-0.25, -0.2) is 13.6 Å². The van der Waals surface area contributed by atoms with Crippen LogP contribution in [-0.2, 0) is 24.3 Å². The predicted octanol–water partition coefficient (Wildman–Crippen LogP) is 0.502. The van der Waals surface area contributed by atoms with Crippen LogP contribution in [-0.4, -0.2) is 57.9 Å². The first-order valence-corrected chi connectivity index (χ1v) is 9.84. The van der Waals surface area contributed by atoms with Gasteiger partial charge in [0.05, 0.1) is 18.1 Å². The summed E-state index contributed by atoms with van der Waals surface area (Å²) >= 11 is 0. The average molecular weight is 369 g/mol. The molecular weight excluding hydrogens is 346 g/mol. The highest BCUT2D eigenvalue weighted by Crippen LogP contribution is 2.31. The van der Waals surface area contributed by atoms with Crippen LogP contribution in [0.15, 0.2) is 29.2 Å². The van der Waals surface area contributed by atoms with Gasteiger partial charge in [0.1, 0.15) is 0 Å². The van der Waals surface area contributed by atoms with Crippen molar-refractivity contribution < 1.29 is 22.7 Å². The van der Waals surface area contributed by atoms with E-state index in [1.807, 2.05) is 0 Å². The third kappa shape index (κ3) is 4.77. The Kier molecular flexibility index (Phi) is 5.40. The van der Waals surface area contributed by atoms with E-state index in [1.165, 1.54) is 12.1 Å². The minimum absolute atomic E-state index is 0.0248. The van der Waals surface area contributed by atoms with Crippen molar-refractivity contribution in [2.24, 2.45) is 5.14 Å². The van der Waals surface area contributed by atoms with Gasteiger partial charge in [-0.15, -0.1) is 0 Å². The average Bonchev–Trinajstić information content (AvgIpc) is 3.02. The molecular formula is C16H23N3O5S. The van der Waals surface area contributed by atoms with E-state index in [9.17, 15) is 13.2 Å². The third-order valence-corrected chi connectivity index (χ3v) is 5.44. The Bertz CT molecular complexity index is 721. The molecule has 2 aliphatic heterocycles. The van der Waals surface area contributed by atoms with E-state index in [0.717, 1.165) is 25.9 Å². The molecule has 3 rings (SSSR count). The summed E-state index contributed by atoms with van der Waals surface area (Å²) in [5.41, 5.74) is 0.418. The first-order valence-electron chi connectivity index (χ1n) is 8.29. The number of piperidine rings is 1. The monoisotopic (exact) mass is 369 g/mol. The third-order valence-electron chi connectivity index (χ3n) is 4.53. The Labute approximate surface area is 147 Å². The fourth-order valence-electron chi connectivity index (χ4n) is 3.14. The smallest absolute Gasteiger partial charge is 0.238 e. The maximum atomic E-state index is 12.1. The number of hydrogen-bond acceptors (Lipinski definition) is 6. The number of amides is 1. The number of carbonyl (C=O) groups excluding carboxylic acids is 1. The lowest BCUT2D eigenvalue weighted by atomic mass is 10.0. The van der Waals surface area contributed by atoms with Crippen molar-refractivity contribution in [3.63, 3.8) is 0 Å². The summed E-state index contributed by atoms with van der Waals surface area (Å²) in [5.74, 6) is -0.576. The molecule has 3 N–H and O–H groups in total. The number of likely N-dealkylation sites (tertiary alicyclic amines) is 1. The SMILES string of the molecule is NS(=O)(=O)c1cccc(NC(=O)CCN2CCC3(CC2)OCCO3)c1. The zero-order chi connectivity index (χ0) is 17.9. The Balaban J connectivity index is 1.46. The highest BCUT2D eigenvalue weighted by atomic mass is 32.2. The van der Waals surface area contributed by atoms with E-state index in [2.05, 4.69) is 10.2 Å². The molecule has 0 saturated carbocycles. The standard InChI is InChI=1S/C16H23N3O5S/c17-25(21,22)14-3-1-2-13(12-14)18-15(20)4-7-19-8-5-16(6-9-19)23-10-11-24-16/h1-3,12H,4-11H2,(H,18,20)(H2,17,21,22). The zero-order valence-corrected chi connectivity index (χ0v) is 14.8. The molecule has 138 valence electrons. The second-order valence-corrected chi connectivity index (χ2v) is 7.88. The van der Waals surface area contributed by atoms with Gasteiger partial charge in [0.15, 0.2) is 5.79 Å². The van der Waals surface area contributed by atoms with E-state index in [0.29, 0.717) is 31.9 Å². The van der Waals surface area contributed by atoms with Crippen LogP contribution < -0.4 is 10.5 Å². The molecule has 1 amide bonds. The number of anilines is 1. The molecule has 1 spiro atoms. The normalized spacial score (nSPS) is 20.7. The number of primary sulfonamides is 1. The van der Waals surface area contributed by atoms with Gasteiger partial charge in [-0.3, -0.25) is 4.79 Å². The molecule has 2 fully saturated rings. The molecule has 1 aromatic carbocycles. The molecule has 0 unspecified atom stereocenters. The highest BCUT2D eigenvalue weighted by Gasteiger charge is 2.39. The Morgan fingerprint density at radius 3 is 2.56 bits per heavy atom. The van der Waals surface area contributed by atoms with Crippen molar-refractivity contribution in [1.29, 1.82) is 0 Å². The van der Waals surface area contributed by atoms with Crippen molar-refractivity contribution in [2.45, 2.75) is 29.9 Å². The summed E-state index contributed by atoms with van der Waals surface area (Å²) in [6.45, 7) is 3.60. The van der Waals surface area contributed by atoms with Crippen LogP contribution in [0.4, 0.5) is 5.69 Å². The number of nitrogens with zero attached hydrogens (tertiary/aromatic N) is 1. The number of ether oxygens (including phenoxy) is 2. The van der Waals surface area contributed by atoms with Crippen LogP contribution >= 0.6 is 0 Å². The van der Waals surface area contributed by atoms with Crippen LogP contribution in [0.5, 0.6) is 0 Å². The van der Waals surface area contributed by atoms with Gasteiger partial charge >= 0.3 is 0 Å². The Morgan fingerprint density at radius 1 is 1.24 bits per heavy atom. The van der Waals surface area contributed by atoms with Gasteiger partial charge in [0.2, 0.25) is 15.9 Å². The maximum absolute atomic E-state index is 12.1. The summed E-state index contributed by atoms with van der Waals surface area (Å²) in [6.07, 6.45) is 1.95. The van der Waals surface area contributed by atoms with Gasteiger partial charge in [0.25, 0.3) is 0 Å². The number of hydrogen-bond donors (Lipinski definition) is 2. The number of carbonyl (C=O) groups is 1. The van der Waals surface area contributed by atoms with E-state index < -0.39 is 15.8 Å². The summed E-state index contributed by atoms with van der Waals surface area (Å²) in [7, 11) is -3.78. The molecule has 1 aromatic rings. The van der Waals surface area contributed by atoms with E-state index >= 15 is 0 Å². The number of rotatable bonds is 5. The van der Waals surface area contributed by atoms with E-state index in [-0.39, 0.29) is 10.8 Å². The highest BCUT2D eigenvalue weighted by molar-refractivity contribution is 7.89. The van der Waals surface area contributed by atoms with Crippen molar-refractivity contribution >= 4 is 21.6 Å². The topological polar surface area (TPSA) is 111 Å². The summed E-state index contributed by atoms with van der Waals surface area (Å²) < 4.78 is 34.1. The van der Waals surface area contributed by atoms with Gasteiger partial charge in [-0.1, -0.05) is 6.07 Å². The molecule has 25 heavy (non-hydrogen) atoms. The fraction of sp³-hybridized carbons (Fsp3) is 0.562. The van der Waals surface area contributed by atoms with E-state index in [4.69, 9.17) is 14.6 Å². The molecule has 0 radical (unpaired) electrons. The summed E-state index contributed by atoms with van der Waals surface area (Å²) in [6, 6.07) is 5.92. The molecule has 2 heterocycles. The Hall–Kier alpha value is -1.52. The van der Waals surface area contributed by atoms with Crippen molar-refractivity contribution in [1.82, 2.24) is 4.90 Å². The summed E-state index contributed by atoms with van der Waals surface area (Å²) in [5, 5.41) is 7.80. The minimum Gasteiger partial charge on any atom is -0.347 e. The summed E-state index contributed by atoms with van der Waals surface area (Å²) in [4.78, 5) is 14.3. The fourth-order valence-corrected chi connectivity index (χ4v) is 3.70. The molecule has 8 nitrogen and oxygen atoms in total. The van der Waals surface area contributed by atoms with Crippen molar-refractivity contribution in [3.05, 3.63) is 24.3 Å². The number of benzene rings is 1. The van der Waals surface area contributed by atoms with Gasteiger partial charge in [-0.05, 0) is 18.2 Å². The molecule has 0 atom stereocenters.